The summed E-state index contributed by atoms with van der Waals surface area (Å²) in [7, 11) is 1.59. The fraction of sp³-hybridized carbons (Fsp3) is 0.154. The van der Waals surface area contributed by atoms with E-state index in [4.69, 9.17) is 4.74 Å². The van der Waals surface area contributed by atoms with Crippen LogP contribution in [0, 0.1) is 6.92 Å². The van der Waals surface area contributed by atoms with E-state index in [0.29, 0.717) is 22.7 Å². The van der Waals surface area contributed by atoms with Crippen molar-refractivity contribution >= 4 is 11.2 Å². The Balaban J connectivity index is 2.35. The number of aryl methyl sites for hydroxylation is 1. The van der Waals surface area contributed by atoms with Crippen molar-refractivity contribution in [1.29, 1.82) is 0 Å². The molecule has 0 saturated heterocycles. The number of imidazole rings is 1. The molecule has 0 radical (unpaired) electrons. The minimum Gasteiger partial charge on any atom is -0.495 e. The van der Waals surface area contributed by atoms with Crippen LogP contribution < -0.4 is 10.3 Å². The summed E-state index contributed by atoms with van der Waals surface area (Å²) in [5, 5.41) is 0. The summed E-state index contributed by atoms with van der Waals surface area (Å²) < 4.78 is 6.98. The van der Waals surface area contributed by atoms with Gasteiger partial charge in [-0.25, -0.2) is 9.97 Å². The Hall–Kier alpha value is -2.63. The lowest BCUT2D eigenvalue weighted by Gasteiger charge is -2.09. The van der Waals surface area contributed by atoms with Crippen LogP contribution in [0.3, 0.4) is 0 Å². The highest BCUT2D eigenvalue weighted by molar-refractivity contribution is 5.73. The van der Waals surface area contributed by atoms with Gasteiger partial charge in [0.05, 0.1) is 12.8 Å². The second kappa shape index (κ2) is 4.24. The zero-order valence-corrected chi connectivity index (χ0v) is 10.5. The fourth-order valence-corrected chi connectivity index (χ4v) is 2.05. The second-order valence-corrected chi connectivity index (χ2v) is 4.11. The molecule has 1 N–H and O–H groups in total. The van der Waals surface area contributed by atoms with Crippen LogP contribution in [-0.2, 0) is 0 Å². The van der Waals surface area contributed by atoms with E-state index in [1.807, 2.05) is 24.3 Å². The van der Waals surface area contributed by atoms with Crippen LogP contribution in [0.1, 0.15) is 5.82 Å². The lowest BCUT2D eigenvalue weighted by molar-refractivity contribution is 0.413. The van der Waals surface area contributed by atoms with Gasteiger partial charge < -0.3 is 9.72 Å². The van der Waals surface area contributed by atoms with Gasteiger partial charge in [-0.1, -0.05) is 12.1 Å². The number of aromatic nitrogens is 4. The Morgan fingerprint density at radius 3 is 2.89 bits per heavy atom. The van der Waals surface area contributed by atoms with Gasteiger partial charge in [0, 0.05) is 0 Å². The average Bonchev–Trinajstić information content (AvgIpc) is 2.82. The second-order valence-electron chi connectivity index (χ2n) is 4.11. The van der Waals surface area contributed by atoms with Gasteiger partial charge in [0.2, 0.25) is 0 Å². The Morgan fingerprint density at radius 2 is 2.11 bits per heavy atom. The number of methoxy groups -OCH3 is 1. The third-order valence-electron chi connectivity index (χ3n) is 2.88. The number of benzene rings is 1. The van der Waals surface area contributed by atoms with Crippen LogP contribution >= 0.6 is 0 Å². The van der Waals surface area contributed by atoms with Gasteiger partial charge in [0.15, 0.2) is 11.2 Å². The molecule has 0 aliphatic heterocycles. The first-order chi connectivity index (χ1) is 9.20. The molecular formula is C13H12N4O2. The van der Waals surface area contributed by atoms with E-state index in [9.17, 15) is 4.79 Å². The number of ether oxygens (including phenoxy) is 1. The van der Waals surface area contributed by atoms with Crippen molar-refractivity contribution in [2.75, 3.05) is 7.11 Å². The molecule has 0 aliphatic carbocycles. The molecule has 19 heavy (non-hydrogen) atoms. The SMILES string of the molecule is COc1ccccc1-n1cnc2nc(C)[nH]c(=O)c21. The van der Waals surface area contributed by atoms with E-state index >= 15 is 0 Å². The Bertz CT molecular complexity index is 804. The van der Waals surface area contributed by atoms with Crippen LogP contribution in [0.15, 0.2) is 35.4 Å². The molecule has 0 saturated carbocycles. The molecule has 3 rings (SSSR count). The summed E-state index contributed by atoms with van der Waals surface area (Å²) >= 11 is 0. The fourth-order valence-electron chi connectivity index (χ4n) is 2.05. The van der Waals surface area contributed by atoms with Crippen molar-refractivity contribution in [2.45, 2.75) is 6.92 Å². The molecule has 0 amide bonds. The maximum absolute atomic E-state index is 12.1. The summed E-state index contributed by atoms with van der Waals surface area (Å²) in [4.78, 5) is 23.1. The highest BCUT2D eigenvalue weighted by Gasteiger charge is 2.13. The van der Waals surface area contributed by atoms with E-state index in [1.54, 1.807) is 24.9 Å². The normalized spacial score (nSPS) is 10.8. The number of hydrogen-bond donors (Lipinski definition) is 1. The third-order valence-corrected chi connectivity index (χ3v) is 2.88. The third kappa shape index (κ3) is 1.77. The average molecular weight is 256 g/mol. The molecule has 0 unspecified atom stereocenters. The van der Waals surface area contributed by atoms with Gasteiger partial charge in [-0.15, -0.1) is 0 Å². The monoisotopic (exact) mass is 256 g/mol. The number of para-hydroxylation sites is 2. The Morgan fingerprint density at radius 1 is 1.32 bits per heavy atom. The van der Waals surface area contributed by atoms with Crippen LogP contribution in [0.4, 0.5) is 0 Å². The topological polar surface area (TPSA) is 72.8 Å². The summed E-state index contributed by atoms with van der Waals surface area (Å²) in [6.07, 6.45) is 1.57. The number of aromatic amines is 1. The van der Waals surface area contributed by atoms with Crippen molar-refractivity contribution < 1.29 is 4.74 Å². The van der Waals surface area contributed by atoms with Crippen molar-refractivity contribution in [1.82, 2.24) is 19.5 Å². The molecule has 6 nitrogen and oxygen atoms in total. The first-order valence-electron chi connectivity index (χ1n) is 5.78. The zero-order chi connectivity index (χ0) is 13.4. The minimum absolute atomic E-state index is 0.217. The van der Waals surface area contributed by atoms with E-state index in [-0.39, 0.29) is 5.56 Å². The van der Waals surface area contributed by atoms with Crippen molar-refractivity contribution in [3.8, 4) is 11.4 Å². The molecule has 2 heterocycles. The highest BCUT2D eigenvalue weighted by atomic mass is 16.5. The van der Waals surface area contributed by atoms with E-state index in [2.05, 4.69) is 15.0 Å². The summed E-state index contributed by atoms with van der Waals surface area (Å²) in [6, 6.07) is 7.43. The van der Waals surface area contributed by atoms with Crippen LogP contribution in [0.5, 0.6) is 5.75 Å². The smallest absolute Gasteiger partial charge is 0.277 e. The maximum Gasteiger partial charge on any atom is 0.277 e. The molecule has 3 aromatic rings. The number of fused-ring (bicyclic) bond motifs is 1. The molecule has 0 aliphatic rings. The summed E-state index contributed by atoms with van der Waals surface area (Å²) in [5.74, 6) is 1.21. The lowest BCUT2D eigenvalue weighted by atomic mass is 10.3. The largest absolute Gasteiger partial charge is 0.495 e. The van der Waals surface area contributed by atoms with Gasteiger partial charge in [0.25, 0.3) is 5.56 Å². The van der Waals surface area contributed by atoms with E-state index in [0.717, 1.165) is 5.69 Å². The molecule has 2 aromatic heterocycles. The highest BCUT2D eigenvalue weighted by Crippen LogP contribution is 2.23. The van der Waals surface area contributed by atoms with Crippen molar-refractivity contribution in [3.05, 3.63) is 46.8 Å². The Kier molecular flexibility index (Phi) is 2.56. The molecule has 1 aromatic carbocycles. The van der Waals surface area contributed by atoms with Gasteiger partial charge in [-0.2, -0.15) is 0 Å². The first kappa shape index (κ1) is 11.5. The molecular weight excluding hydrogens is 244 g/mol. The first-order valence-corrected chi connectivity index (χ1v) is 5.78. The molecule has 0 fully saturated rings. The molecule has 96 valence electrons. The zero-order valence-electron chi connectivity index (χ0n) is 10.5. The van der Waals surface area contributed by atoms with Gasteiger partial charge in [-0.05, 0) is 19.1 Å². The van der Waals surface area contributed by atoms with Crippen molar-refractivity contribution in [3.63, 3.8) is 0 Å². The number of hydrogen-bond acceptors (Lipinski definition) is 4. The predicted molar refractivity (Wildman–Crippen MR) is 70.8 cm³/mol. The predicted octanol–water partition coefficient (Wildman–Crippen LogP) is 1.43. The molecule has 6 heteroatoms. The maximum atomic E-state index is 12.1. The minimum atomic E-state index is -0.217. The van der Waals surface area contributed by atoms with Gasteiger partial charge in [-0.3, -0.25) is 9.36 Å². The van der Waals surface area contributed by atoms with E-state index < -0.39 is 0 Å². The number of nitrogens with zero attached hydrogens (tertiary/aromatic N) is 3. The summed E-state index contributed by atoms with van der Waals surface area (Å²) in [5.41, 5.74) is 1.37. The number of rotatable bonds is 2. The molecule has 0 spiro atoms. The van der Waals surface area contributed by atoms with Crippen molar-refractivity contribution in [2.24, 2.45) is 0 Å². The van der Waals surface area contributed by atoms with E-state index in [1.165, 1.54) is 0 Å². The van der Waals surface area contributed by atoms with Gasteiger partial charge in [0.1, 0.15) is 17.9 Å². The lowest BCUT2D eigenvalue weighted by Crippen LogP contribution is -2.13. The van der Waals surface area contributed by atoms with Crippen LogP contribution in [0.2, 0.25) is 0 Å². The number of nitrogens with one attached hydrogen (secondary N) is 1. The standard InChI is InChI=1S/C13H12N4O2/c1-8-15-12-11(13(18)16-8)17(7-14-12)9-5-3-4-6-10(9)19-2/h3-7H,1-2H3,(H,15,16,18). The molecule has 0 bridgehead atoms. The quantitative estimate of drug-likeness (QED) is 0.752. The number of H-pyrrole nitrogens is 1. The van der Waals surface area contributed by atoms with Gasteiger partial charge >= 0.3 is 0 Å². The van der Waals surface area contributed by atoms with Crippen LogP contribution in [0.25, 0.3) is 16.9 Å². The van der Waals surface area contributed by atoms with Crippen LogP contribution in [-0.4, -0.2) is 26.6 Å². The molecule has 0 atom stereocenters. The Labute approximate surface area is 108 Å². The summed E-state index contributed by atoms with van der Waals surface area (Å²) in [6.45, 7) is 1.73.